The highest BCUT2D eigenvalue weighted by Gasteiger charge is 2.06. The van der Waals surface area contributed by atoms with Crippen molar-refractivity contribution in [2.45, 2.75) is 0 Å². The average molecular weight is 204 g/mol. The fourth-order valence-corrected chi connectivity index (χ4v) is 1.23. The van der Waals surface area contributed by atoms with Crippen molar-refractivity contribution in [3.05, 3.63) is 40.7 Å². The van der Waals surface area contributed by atoms with Gasteiger partial charge in [-0.25, -0.2) is 5.10 Å². The van der Waals surface area contributed by atoms with Crippen LogP contribution < -0.4 is 5.56 Å². The molecule has 0 atom stereocenters. The van der Waals surface area contributed by atoms with Gasteiger partial charge in [-0.15, -0.1) is 0 Å². The minimum atomic E-state index is -0.308. The highest BCUT2D eigenvalue weighted by molar-refractivity contribution is 5.67. The molecule has 0 fully saturated rings. The van der Waals surface area contributed by atoms with Crippen LogP contribution in [-0.2, 0) is 0 Å². The van der Waals surface area contributed by atoms with Crippen LogP contribution in [0.25, 0.3) is 11.3 Å². The molecular weight excluding hydrogens is 196 g/mol. The van der Waals surface area contributed by atoms with Crippen molar-refractivity contribution in [2.24, 2.45) is 0 Å². The van der Waals surface area contributed by atoms with Gasteiger partial charge in [0.25, 0.3) is 5.56 Å². The summed E-state index contributed by atoms with van der Waals surface area (Å²) in [4.78, 5) is 10.8. The largest absolute Gasteiger partial charge is 0.508 e. The zero-order valence-electron chi connectivity index (χ0n) is 7.64. The summed E-state index contributed by atoms with van der Waals surface area (Å²) in [5, 5.41) is 24.6. The molecule has 3 N–H and O–H groups in total. The maximum absolute atomic E-state index is 10.8. The van der Waals surface area contributed by atoms with Crippen LogP contribution >= 0.6 is 0 Å². The van der Waals surface area contributed by atoms with Crippen LogP contribution in [0.15, 0.2) is 35.1 Å². The van der Waals surface area contributed by atoms with Crippen molar-refractivity contribution in [3.8, 4) is 22.8 Å². The Bertz CT molecular complexity index is 528. The number of aromatic hydroxyl groups is 2. The molecule has 0 amide bonds. The first-order valence-corrected chi connectivity index (χ1v) is 4.25. The fraction of sp³-hybridized carbons (Fsp3) is 0. The van der Waals surface area contributed by atoms with E-state index in [-0.39, 0.29) is 17.1 Å². The molecule has 0 radical (unpaired) electrons. The van der Waals surface area contributed by atoms with E-state index >= 15 is 0 Å². The van der Waals surface area contributed by atoms with E-state index in [0.717, 1.165) is 0 Å². The number of nitrogens with one attached hydrogen (secondary N) is 1. The van der Waals surface area contributed by atoms with Gasteiger partial charge in [-0.05, 0) is 18.2 Å². The van der Waals surface area contributed by atoms with Crippen LogP contribution in [0, 0.1) is 0 Å². The first-order valence-electron chi connectivity index (χ1n) is 4.25. The van der Waals surface area contributed by atoms with E-state index in [0.29, 0.717) is 11.3 Å². The van der Waals surface area contributed by atoms with E-state index < -0.39 is 0 Å². The maximum atomic E-state index is 10.8. The Hall–Kier alpha value is -2.30. The molecule has 76 valence electrons. The summed E-state index contributed by atoms with van der Waals surface area (Å²) in [7, 11) is 0. The molecule has 1 heterocycles. The first-order chi connectivity index (χ1) is 7.16. The van der Waals surface area contributed by atoms with E-state index in [1.54, 1.807) is 0 Å². The predicted octanol–water partition coefficient (Wildman–Crippen LogP) is 0.848. The second-order valence-corrected chi connectivity index (χ2v) is 3.01. The van der Waals surface area contributed by atoms with Gasteiger partial charge < -0.3 is 10.2 Å². The predicted molar refractivity (Wildman–Crippen MR) is 53.6 cm³/mol. The van der Waals surface area contributed by atoms with Crippen molar-refractivity contribution in [1.82, 2.24) is 10.2 Å². The Kier molecular flexibility index (Phi) is 2.13. The lowest BCUT2D eigenvalue weighted by atomic mass is 10.1. The Labute approximate surface area is 84.6 Å². The number of phenolic OH excluding ortho intramolecular Hbond substituents is 2. The smallest absolute Gasteiger partial charge is 0.264 e. The van der Waals surface area contributed by atoms with Crippen molar-refractivity contribution in [2.75, 3.05) is 0 Å². The molecule has 2 aromatic rings. The number of aromatic nitrogens is 2. The van der Waals surface area contributed by atoms with E-state index in [2.05, 4.69) is 10.2 Å². The van der Waals surface area contributed by atoms with Gasteiger partial charge in [-0.2, -0.15) is 5.10 Å². The maximum Gasteiger partial charge on any atom is 0.264 e. The third-order valence-corrected chi connectivity index (χ3v) is 1.94. The summed E-state index contributed by atoms with van der Waals surface area (Å²) >= 11 is 0. The second kappa shape index (κ2) is 3.45. The Morgan fingerprint density at radius 1 is 1.13 bits per heavy atom. The molecular formula is C10H8N2O3. The Morgan fingerprint density at radius 3 is 2.53 bits per heavy atom. The monoisotopic (exact) mass is 204 g/mol. The van der Waals surface area contributed by atoms with Gasteiger partial charge in [-0.3, -0.25) is 4.79 Å². The molecule has 0 unspecified atom stereocenters. The molecule has 1 aromatic carbocycles. The fourth-order valence-electron chi connectivity index (χ4n) is 1.23. The number of aromatic amines is 1. The topological polar surface area (TPSA) is 86.2 Å². The van der Waals surface area contributed by atoms with E-state index in [4.69, 9.17) is 5.11 Å². The molecule has 15 heavy (non-hydrogen) atoms. The number of benzene rings is 1. The van der Waals surface area contributed by atoms with Gasteiger partial charge in [0.05, 0.1) is 5.69 Å². The summed E-state index contributed by atoms with van der Waals surface area (Å²) in [6, 6.07) is 6.97. The molecule has 0 saturated carbocycles. The lowest BCUT2D eigenvalue weighted by Crippen LogP contribution is -2.05. The van der Waals surface area contributed by atoms with Crippen molar-refractivity contribution < 1.29 is 10.2 Å². The zero-order chi connectivity index (χ0) is 10.8. The first kappa shape index (κ1) is 9.26. The molecule has 0 saturated heterocycles. The molecule has 1 aromatic heterocycles. The quantitative estimate of drug-likeness (QED) is 0.642. The number of phenols is 2. The van der Waals surface area contributed by atoms with E-state index in [1.165, 1.54) is 30.3 Å². The number of hydrogen-bond acceptors (Lipinski definition) is 4. The highest BCUT2D eigenvalue weighted by Crippen LogP contribution is 2.29. The lowest BCUT2D eigenvalue weighted by Gasteiger charge is -2.02. The van der Waals surface area contributed by atoms with Crippen LogP contribution in [-0.4, -0.2) is 20.4 Å². The SMILES string of the molecule is O=c1ccc(-c2ccc(O)cc2O)n[nH]1. The number of rotatable bonds is 1. The van der Waals surface area contributed by atoms with Crippen molar-refractivity contribution >= 4 is 0 Å². The van der Waals surface area contributed by atoms with Gasteiger partial charge in [0.2, 0.25) is 0 Å². The summed E-state index contributed by atoms with van der Waals surface area (Å²) < 4.78 is 0. The molecule has 0 spiro atoms. The third kappa shape index (κ3) is 1.80. The molecule has 0 aliphatic rings. The number of nitrogens with zero attached hydrogens (tertiary/aromatic N) is 1. The van der Waals surface area contributed by atoms with Gasteiger partial charge in [0, 0.05) is 17.7 Å². The van der Waals surface area contributed by atoms with Gasteiger partial charge in [-0.1, -0.05) is 0 Å². The van der Waals surface area contributed by atoms with Gasteiger partial charge in [0.15, 0.2) is 0 Å². The molecule has 5 nitrogen and oxygen atoms in total. The minimum Gasteiger partial charge on any atom is -0.508 e. The van der Waals surface area contributed by atoms with Crippen LogP contribution in [0.4, 0.5) is 0 Å². The average Bonchev–Trinajstić information content (AvgIpc) is 2.20. The number of H-pyrrole nitrogens is 1. The summed E-state index contributed by atoms with van der Waals surface area (Å²) in [6.45, 7) is 0. The van der Waals surface area contributed by atoms with E-state index in [1.807, 2.05) is 0 Å². The van der Waals surface area contributed by atoms with E-state index in [9.17, 15) is 9.90 Å². The van der Waals surface area contributed by atoms with Crippen LogP contribution in [0.2, 0.25) is 0 Å². The van der Waals surface area contributed by atoms with Crippen molar-refractivity contribution in [1.29, 1.82) is 0 Å². The highest BCUT2D eigenvalue weighted by atomic mass is 16.3. The Morgan fingerprint density at radius 2 is 1.93 bits per heavy atom. The molecule has 5 heteroatoms. The second-order valence-electron chi connectivity index (χ2n) is 3.01. The molecule has 0 aliphatic heterocycles. The third-order valence-electron chi connectivity index (χ3n) is 1.94. The summed E-state index contributed by atoms with van der Waals surface area (Å²) in [5.74, 6) is -0.116. The Balaban J connectivity index is 2.54. The normalized spacial score (nSPS) is 10.1. The van der Waals surface area contributed by atoms with Gasteiger partial charge >= 0.3 is 0 Å². The van der Waals surface area contributed by atoms with Crippen LogP contribution in [0.5, 0.6) is 11.5 Å². The van der Waals surface area contributed by atoms with Crippen molar-refractivity contribution in [3.63, 3.8) is 0 Å². The summed E-state index contributed by atoms with van der Waals surface area (Å²) in [6.07, 6.45) is 0. The van der Waals surface area contributed by atoms with Crippen LogP contribution in [0.3, 0.4) is 0 Å². The molecule has 0 aliphatic carbocycles. The lowest BCUT2D eigenvalue weighted by molar-refractivity contribution is 0.451. The molecule has 0 bridgehead atoms. The minimum absolute atomic E-state index is 0.0272. The number of hydrogen-bond donors (Lipinski definition) is 3. The van der Waals surface area contributed by atoms with Gasteiger partial charge in [0.1, 0.15) is 11.5 Å². The standard InChI is InChI=1S/C10H8N2O3/c13-6-1-2-7(9(14)5-6)8-3-4-10(15)12-11-8/h1-5,13-14H,(H,12,15). The summed E-state index contributed by atoms with van der Waals surface area (Å²) in [5.41, 5.74) is 0.577. The molecule has 2 rings (SSSR count). The zero-order valence-corrected chi connectivity index (χ0v) is 7.64. The van der Waals surface area contributed by atoms with Crippen LogP contribution in [0.1, 0.15) is 0 Å².